The van der Waals surface area contributed by atoms with Crippen LogP contribution in [0.1, 0.15) is 57.8 Å². The number of allylic oxidation sites excluding steroid dienone is 3. The Kier molecular flexibility index (Phi) is 13.6. The summed E-state index contributed by atoms with van der Waals surface area (Å²) in [6.45, 7) is 0.0101. The molecule has 0 aromatic rings. The Morgan fingerprint density at radius 3 is 2.29 bits per heavy atom. The SMILES string of the molecule is COC(=O)CCCCCCC/C=C/C/C=C/CC[N+](=O)[O-]. The maximum absolute atomic E-state index is 10.9. The van der Waals surface area contributed by atoms with E-state index in [1.165, 1.54) is 20.0 Å². The third-order valence-corrected chi connectivity index (χ3v) is 3.06. The van der Waals surface area contributed by atoms with Crippen LogP contribution in [0, 0.1) is 10.1 Å². The lowest BCUT2D eigenvalue weighted by atomic mass is 10.1. The zero-order valence-electron chi connectivity index (χ0n) is 13.0. The fraction of sp³-hybridized carbons (Fsp3) is 0.688. The minimum atomic E-state index is -0.300. The molecule has 0 aliphatic rings. The van der Waals surface area contributed by atoms with Gasteiger partial charge in [0.15, 0.2) is 0 Å². The Labute approximate surface area is 127 Å². The highest BCUT2D eigenvalue weighted by Gasteiger charge is 1.98. The first kappa shape index (κ1) is 19.4. The number of hydrogen-bond acceptors (Lipinski definition) is 4. The maximum Gasteiger partial charge on any atom is 0.305 e. The molecule has 0 fully saturated rings. The van der Waals surface area contributed by atoms with Crippen molar-refractivity contribution >= 4 is 5.97 Å². The van der Waals surface area contributed by atoms with E-state index in [0.717, 1.165) is 32.1 Å². The van der Waals surface area contributed by atoms with Crippen LogP contribution in [0.4, 0.5) is 0 Å². The number of rotatable bonds is 13. The fourth-order valence-corrected chi connectivity index (χ4v) is 1.85. The molecule has 0 unspecified atom stereocenters. The summed E-state index contributed by atoms with van der Waals surface area (Å²) in [5.74, 6) is -0.121. The molecule has 0 aromatic carbocycles. The van der Waals surface area contributed by atoms with Crippen LogP contribution < -0.4 is 0 Å². The van der Waals surface area contributed by atoms with Crippen LogP contribution in [0.3, 0.4) is 0 Å². The van der Waals surface area contributed by atoms with E-state index >= 15 is 0 Å². The van der Waals surface area contributed by atoms with Gasteiger partial charge in [-0.3, -0.25) is 14.9 Å². The molecule has 0 amide bonds. The summed E-state index contributed by atoms with van der Waals surface area (Å²) >= 11 is 0. The Balaban J connectivity index is 3.25. The maximum atomic E-state index is 10.9. The van der Waals surface area contributed by atoms with Crippen molar-refractivity contribution in [1.82, 2.24) is 0 Å². The second kappa shape index (κ2) is 14.8. The molecule has 0 saturated carbocycles. The monoisotopic (exact) mass is 297 g/mol. The molecule has 5 heteroatoms. The van der Waals surface area contributed by atoms with Gasteiger partial charge in [0.2, 0.25) is 6.54 Å². The first-order valence-corrected chi connectivity index (χ1v) is 7.65. The van der Waals surface area contributed by atoms with Gasteiger partial charge in [0.05, 0.1) is 7.11 Å². The normalized spacial score (nSPS) is 11.3. The number of nitro groups is 1. The highest BCUT2D eigenvalue weighted by atomic mass is 16.6. The predicted molar refractivity (Wildman–Crippen MR) is 83.7 cm³/mol. The number of carbonyl (C=O) groups excluding carboxylic acids is 1. The van der Waals surface area contributed by atoms with E-state index in [-0.39, 0.29) is 17.4 Å². The number of hydrogen-bond donors (Lipinski definition) is 0. The summed E-state index contributed by atoms with van der Waals surface area (Å²) in [5.41, 5.74) is 0. The van der Waals surface area contributed by atoms with Crippen LogP contribution in [-0.2, 0) is 9.53 Å². The molecule has 0 aliphatic carbocycles. The smallest absolute Gasteiger partial charge is 0.305 e. The lowest BCUT2D eigenvalue weighted by Gasteiger charge is -1.99. The summed E-state index contributed by atoms with van der Waals surface area (Å²) in [4.78, 5) is 20.7. The van der Waals surface area contributed by atoms with Crippen molar-refractivity contribution in [3.8, 4) is 0 Å². The van der Waals surface area contributed by atoms with Crippen molar-refractivity contribution < 1.29 is 14.5 Å². The molecule has 0 saturated heterocycles. The standard InChI is InChI=1S/C16H27NO4/c1-21-16(18)14-12-10-8-6-4-2-3-5-7-9-11-13-15-17(19)20/h3,5,9,11H,2,4,6-8,10,12-15H2,1H3/b5-3+,11-9+. The Morgan fingerprint density at radius 2 is 1.62 bits per heavy atom. The molecule has 0 aliphatic heterocycles. The molecule has 0 N–H and O–H groups in total. The molecule has 0 atom stereocenters. The number of ether oxygens (including phenoxy) is 1. The van der Waals surface area contributed by atoms with Gasteiger partial charge in [-0.2, -0.15) is 0 Å². The lowest BCUT2D eigenvalue weighted by Crippen LogP contribution is -1.98. The van der Waals surface area contributed by atoms with E-state index in [9.17, 15) is 14.9 Å². The van der Waals surface area contributed by atoms with Crippen molar-refractivity contribution in [3.05, 3.63) is 34.4 Å². The van der Waals surface area contributed by atoms with Crippen molar-refractivity contribution in [3.63, 3.8) is 0 Å². The third-order valence-electron chi connectivity index (χ3n) is 3.06. The van der Waals surface area contributed by atoms with Crippen LogP contribution in [0.2, 0.25) is 0 Å². The number of carbonyl (C=O) groups is 1. The minimum absolute atomic E-state index is 0.0101. The van der Waals surface area contributed by atoms with Crippen LogP contribution in [-0.4, -0.2) is 24.5 Å². The molecular formula is C16H27NO4. The van der Waals surface area contributed by atoms with Gasteiger partial charge in [-0.25, -0.2) is 0 Å². The molecule has 120 valence electrons. The zero-order chi connectivity index (χ0) is 15.8. The van der Waals surface area contributed by atoms with Gasteiger partial charge < -0.3 is 4.74 Å². The van der Waals surface area contributed by atoms with Gasteiger partial charge in [0.25, 0.3) is 0 Å². The highest BCUT2D eigenvalue weighted by molar-refractivity contribution is 5.68. The molecule has 0 bridgehead atoms. The van der Waals surface area contributed by atoms with Crippen molar-refractivity contribution in [2.75, 3.05) is 13.7 Å². The first-order chi connectivity index (χ1) is 10.2. The molecule has 5 nitrogen and oxygen atoms in total. The lowest BCUT2D eigenvalue weighted by molar-refractivity contribution is -0.478. The van der Waals surface area contributed by atoms with Gasteiger partial charge in [-0.15, -0.1) is 0 Å². The van der Waals surface area contributed by atoms with Gasteiger partial charge in [-0.1, -0.05) is 43.6 Å². The topological polar surface area (TPSA) is 69.4 Å². The van der Waals surface area contributed by atoms with Crippen molar-refractivity contribution in [2.45, 2.75) is 57.8 Å². The van der Waals surface area contributed by atoms with E-state index in [1.807, 2.05) is 12.2 Å². The molecular weight excluding hydrogens is 270 g/mol. The number of unbranched alkanes of at least 4 members (excludes halogenated alkanes) is 5. The van der Waals surface area contributed by atoms with Gasteiger partial charge >= 0.3 is 5.97 Å². The molecule has 21 heavy (non-hydrogen) atoms. The van der Waals surface area contributed by atoms with E-state index < -0.39 is 0 Å². The minimum Gasteiger partial charge on any atom is -0.469 e. The van der Waals surface area contributed by atoms with E-state index in [2.05, 4.69) is 16.9 Å². The summed E-state index contributed by atoms with van der Waals surface area (Å²) in [6.07, 6.45) is 16.5. The van der Waals surface area contributed by atoms with Crippen LogP contribution in [0.15, 0.2) is 24.3 Å². The number of methoxy groups -OCH3 is 1. The Bertz CT molecular complexity index is 337. The molecule has 0 aromatic heterocycles. The van der Waals surface area contributed by atoms with Crippen molar-refractivity contribution in [1.29, 1.82) is 0 Å². The van der Waals surface area contributed by atoms with E-state index in [1.54, 1.807) is 0 Å². The number of esters is 1. The quantitative estimate of drug-likeness (QED) is 0.169. The average molecular weight is 297 g/mol. The fourth-order valence-electron chi connectivity index (χ4n) is 1.85. The average Bonchev–Trinajstić information content (AvgIpc) is 2.46. The van der Waals surface area contributed by atoms with Crippen LogP contribution >= 0.6 is 0 Å². The zero-order valence-corrected chi connectivity index (χ0v) is 13.0. The van der Waals surface area contributed by atoms with Gasteiger partial charge in [0, 0.05) is 17.8 Å². The Hall–Kier alpha value is -1.65. The largest absolute Gasteiger partial charge is 0.469 e. The van der Waals surface area contributed by atoms with Gasteiger partial charge in [-0.05, 0) is 25.7 Å². The van der Waals surface area contributed by atoms with Crippen LogP contribution in [0.25, 0.3) is 0 Å². The first-order valence-electron chi connectivity index (χ1n) is 7.65. The summed E-state index contributed by atoms with van der Waals surface area (Å²) < 4.78 is 4.58. The number of nitrogens with zero attached hydrogens (tertiary/aromatic N) is 1. The second-order valence-corrected chi connectivity index (χ2v) is 4.91. The van der Waals surface area contributed by atoms with E-state index in [4.69, 9.17) is 0 Å². The molecule has 0 rings (SSSR count). The summed E-state index contributed by atoms with van der Waals surface area (Å²) in [5, 5.41) is 10.1. The van der Waals surface area contributed by atoms with Gasteiger partial charge in [0.1, 0.15) is 0 Å². The highest BCUT2D eigenvalue weighted by Crippen LogP contribution is 2.08. The molecule has 0 radical (unpaired) electrons. The second-order valence-electron chi connectivity index (χ2n) is 4.91. The van der Waals surface area contributed by atoms with Crippen molar-refractivity contribution in [2.24, 2.45) is 0 Å². The summed E-state index contributed by atoms with van der Waals surface area (Å²) in [7, 11) is 1.42. The predicted octanol–water partition coefficient (Wildman–Crippen LogP) is 4.06. The molecule has 0 spiro atoms. The summed E-state index contributed by atoms with van der Waals surface area (Å²) in [6, 6.07) is 0. The van der Waals surface area contributed by atoms with E-state index in [0.29, 0.717) is 12.8 Å². The molecule has 0 heterocycles. The Morgan fingerprint density at radius 1 is 1.00 bits per heavy atom. The van der Waals surface area contributed by atoms with Crippen LogP contribution in [0.5, 0.6) is 0 Å². The third kappa shape index (κ3) is 16.3.